The van der Waals surface area contributed by atoms with E-state index in [1.165, 1.54) is 11.1 Å². The van der Waals surface area contributed by atoms with Crippen molar-refractivity contribution in [3.8, 4) is 11.8 Å². The fourth-order valence-electron chi connectivity index (χ4n) is 3.89. The number of nitrogens with two attached hydrogens (primary N) is 1. The van der Waals surface area contributed by atoms with E-state index in [1.807, 2.05) is 12.1 Å². The number of carbonyl (C=O) groups excluding carboxylic acids is 1. The fraction of sp³-hybridized carbons (Fsp3) is 0.292. The smallest absolute Gasteiger partial charge is 0.273 e. The Morgan fingerprint density at radius 2 is 1.97 bits per heavy atom. The third-order valence-electron chi connectivity index (χ3n) is 5.76. The largest absolute Gasteiger partial charge is 0.495 e. The highest BCUT2D eigenvalue weighted by Crippen LogP contribution is 2.34. The molecule has 2 aromatic carbocycles. The molecule has 4 rings (SSSR count). The summed E-state index contributed by atoms with van der Waals surface area (Å²) in [6.45, 7) is 6.21. The topological polar surface area (TPSA) is 142 Å². The van der Waals surface area contributed by atoms with Gasteiger partial charge < -0.3 is 21.1 Å². The summed E-state index contributed by atoms with van der Waals surface area (Å²) >= 11 is 0. The zero-order chi connectivity index (χ0) is 24.2. The Balaban J connectivity index is 1.68. The Bertz CT molecular complexity index is 1270. The molecule has 4 N–H and O–H groups in total. The molecule has 0 atom stereocenters. The average molecular weight is 459 g/mol. The van der Waals surface area contributed by atoms with Crippen molar-refractivity contribution >= 4 is 29.0 Å². The molecule has 34 heavy (non-hydrogen) atoms. The van der Waals surface area contributed by atoms with E-state index in [4.69, 9.17) is 10.5 Å². The highest BCUT2D eigenvalue weighted by molar-refractivity contribution is 5.96. The van der Waals surface area contributed by atoms with E-state index in [0.29, 0.717) is 28.7 Å². The van der Waals surface area contributed by atoms with E-state index in [2.05, 4.69) is 50.6 Å². The lowest BCUT2D eigenvalue weighted by molar-refractivity contribution is 0.0995. The molecule has 1 amide bonds. The first-order chi connectivity index (χ1) is 16.4. The van der Waals surface area contributed by atoms with Gasteiger partial charge in [-0.3, -0.25) is 9.69 Å². The Hall–Kier alpha value is -4.23. The maximum atomic E-state index is 11.9. The third-order valence-corrected chi connectivity index (χ3v) is 5.76. The van der Waals surface area contributed by atoms with Gasteiger partial charge >= 0.3 is 0 Å². The van der Waals surface area contributed by atoms with Gasteiger partial charge in [0, 0.05) is 19.1 Å². The first-order valence-corrected chi connectivity index (χ1v) is 10.9. The van der Waals surface area contributed by atoms with Crippen LogP contribution < -0.4 is 21.1 Å². The van der Waals surface area contributed by atoms with Crippen LogP contribution in [0.3, 0.4) is 0 Å². The van der Waals surface area contributed by atoms with Crippen molar-refractivity contribution < 1.29 is 9.53 Å². The van der Waals surface area contributed by atoms with Crippen molar-refractivity contribution in [1.29, 1.82) is 5.26 Å². The molecule has 1 aliphatic rings. The first kappa shape index (κ1) is 22.9. The summed E-state index contributed by atoms with van der Waals surface area (Å²) in [6.07, 6.45) is 0.946. The lowest BCUT2D eigenvalue weighted by atomic mass is 9.97. The number of rotatable bonds is 7. The molecule has 10 heteroatoms. The van der Waals surface area contributed by atoms with Crippen LogP contribution >= 0.6 is 0 Å². The number of fused-ring (bicyclic) bond motifs is 1. The molecule has 0 fully saturated rings. The number of methoxy groups -OCH3 is 1. The molecule has 0 aliphatic carbocycles. The summed E-state index contributed by atoms with van der Waals surface area (Å²) in [7, 11) is 1.61. The molecule has 0 spiro atoms. The van der Waals surface area contributed by atoms with Crippen LogP contribution in [-0.2, 0) is 13.0 Å². The second kappa shape index (κ2) is 9.72. The van der Waals surface area contributed by atoms with Gasteiger partial charge in [-0.25, -0.2) is 0 Å². The summed E-state index contributed by atoms with van der Waals surface area (Å²) in [5.41, 5.74) is 9.32. The maximum Gasteiger partial charge on any atom is 0.273 e. The molecule has 0 radical (unpaired) electrons. The molecule has 0 saturated heterocycles. The number of nitriles is 1. The summed E-state index contributed by atoms with van der Waals surface area (Å²) in [5, 5.41) is 23.5. The van der Waals surface area contributed by atoms with E-state index >= 15 is 0 Å². The van der Waals surface area contributed by atoms with Gasteiger partial charge in [0.25, 0.3) is 5.91 Å². The number of anilines is 4. The number of nitrogens with zero attached hydrogens (tertiary/aromatic N) is 5. The predicted octanol–water partition coefficient (Wildman–Crippen LogP) is 3.10. The van der Waals surface area contributed by atoms with Crippen LogP contribution in [-0.4, -0.2) is 45.7 Å². The summed E-state index contributed by atoms with van der Waals surface area (Å²) in [5.74, 6) is 0.111. The van der Waals surface area contributed by atoms with Crippen molar-refractivity contribution in [2.45, 2.75) is 32.9 Å². The zero-order valence-electron chi connectivity index (χ0n) is 19.3. The minimum absolute atomic E-state index is 0.0932. The van der Waals surface area contributed by atoms with Gasteiger partial charge in [-0.2, -0.15) is 10.2 Å². The Morgan fingerprint density at radius 1 is 1.18 bits per heavy atom. The molecule has 174 valence electrons. The third kappa shape index (κ3) is 4.74. The van der Waals surface area contributed by atoms with Crippen molar-refractivity contribution in [3.05, 3.63) is 58.8 Å². The van der Waals surface area contributed by atoms with Crippen LogP contribution in [0.2, 0.25) is 0 Å². The van der Waals surface area contributed by atoms with Crippen molar-refractivity contribution in [3.63, 3.8) is 0 Å². The lowest BCUT2D eigenvalue weighted by Crippen LogP contribution is -2.35. The minimum atomic E-state index is -0.788. The highest BCUT2D eigenvalue weighted by atomic mass is 16.5. The SMILES string of the molecule is COc1cc2c(cc1Nc1nnc(C(N)=O)c(Nc3ccccc3C#N)n1)CN(C(C)C)CC2. The van der Waals surface area contributed by atoms with Gasteiger partial charge in [0.15, 0.2) is 11.5 Å². The molecule has 0 saturated carbocycles. The minimum Gasteiger partial charge on any atom is -0.495 e. The number of nitrogens with one attached hydrogen (secondary N) is 2. The monoisotopic (exact) mass is 458 g/mol. The number of hydrogen-bond acceptors (Lipinski definition) is 9. The van der Waals surface area contributed by atoms with E-state index in [9.17, 15) is 10.1 Å². The quantitative estimate of drug-likeness (QED) is 0.487. The van der Waals surface area contributed by atoms with Gasteiger partial charge in [-0.1, -0.05) is 12.1 Å². The molecular weight excluding hydrogens is 432 g/mol. The zero-order valence-corrected chi connectivity index (χ0v) is 19.3. The summed E-state index contributed by atoms with van der Waals surface area (Å²) in [4.78, 5) is 18.7. The lowest BCUT2D eigenvalue weighted by Gasteiger charge is -2.32. The molecule has 2 heterocycles. The van der Waals surface area contributed by atoms with Crippen LogP contribution in [0, 0.1) is 11.3 Å². The molecule has 1 aliphatic heterocycles. The predicted molar refractivity (Wildman–Crippen MR) is 128 cm³/mol. The number of primary amides is 1. The van der Waals surface area contributed by atoms with Gasteiger partial charge in [0.1, 0.15) is 11.8 Å². The van der Waals surface area contributed by atoms with E-state index in [-0.39, 0.29) is 17.5 Å². The summed E-state index contributed by atoms with van der Waals surface area (Å²) < 4.78 is 5.60. The Kier molecular flexibility index (Phi) is 6.56. The molecule has 0 bridgehead atoms. The molecule has 1 aromatic heterocycles. The van der Waals surface area contributed by atoms with Crippen LogP contribution in [0.5, 0.6) is 5.75 Å². The van der Waals surface area contributed by atoms with Crippen molar-refractivity contribution in [1.82, 2.24) is 20.1 Å². The number of benzene rings is 2. The van der Waals surface area contributed by atoms with Gasteiger partial charge in [-0.15, -0.1) is 10.2 Å². The van der Waals surface area contributed by atoms with Gasteiger partial charge in [-0.05, 0) is 55.7 Å². The molecular formula is C24H26N8O2. The van der Waals surface area contributed by atoms with Crippen LogP contribution in [0.25, 0.3) is 0 Å². The normalized spacial score (nSPS) is 13.1. The van der Waals surface area contributed by atoms with Crippen molar-refractivity contribution in [2.24, 2.45) is 5.73 Å². The number of ether oxygens (including phenoxy) is 1. The number of amides is 1. The number of hydrogen-bond donors (Lipinski definition) is 3. The first-order valence-electron chi connectivity index (χ1n) is 10.9. The second-order valence-electron chi connectivity index (χ2n) is 8.24. The maximum absolute atomic E-state index is 11.9. The number of para-hydroxylation sites is 1. The Morgan fingerprint density at radius 3 is 2.68 bits per heavy atom. The Labute approximate surface area is 197 Å². The molecule has 3 aromatic rings. The van der Waals surface area contributed by atoms with E-state index in [0.717, 1.165) is 19.5 Å². The summed E-state index contributed by atoms with van der Waals surface area (Å²) in [6, 6.07) is 13.5. The average Bonchev–Trinajstić information content (AvgIpc) is 2.83. The van der Waals surface area contributed by atoms with Gasteiger partial charge in [0.2, 0.25) is 5.95 Å². The molecule has 0 unspecified atom stereocenters. The van der Waals surface area contributed by atoms with Crippen LogP contribution in [0.1, 0.15) is 41.0 Å². The van der Waals surface area contributed by atoms with Crippen LogP contribution in [0.15, 0.2) is 36.4 Å². The van der Waals surface area contributed by atoms with Crippen LogP contribution in [0.4, 0.5) is 23.1 Å². The fourth-order valence-corrected chi connectivity index (χ4v) is 3.89. The highest BCUT2D eigenvalue weighted by Gasteiger charge is 2.22. The molecule has 10 nitrogen and oxygen atoms in total. The van der Waals surface area contributed by atoms with Gasteiger partial charge in [0.05, 0.1) is 24.0 Å². The standard InChI is InChI=1S/C24H26N8O2/c1-14(2)32-9-8-15-11-20(34-3)19(10-17(15)13-32)28-24-29-23(21(22(26)33)30-31-24)27-18-7-5-4-6-16(18)12-25/h4-7,10-11,14H,8-9,13H2,1-3H3,(H2,26,33)(H2,27,28,29,31). The van der Waals surface area contributed by atoms with E-state index < -0.39 is 5.91 Å². The van der Waals surface area contributed by atoms with Crippen molar-refractivity contribution in [2.75, 3.05) is 24.3 Å². The second-order valence-corrected chi connectivity index (χ2v) is 8.24. The van der Waals surface area contributed by atoms with E-state index in [1.54, 1.807) is 31.4 Å². The number of carbonyl (C=O) groups is 1. The number of aromatic nitrogens is 3.